The van der Waals surface area contributed by atoms with Crippen molar-refractivity contribution in [1.29, 1.82) is 0 Å². The van der Waals surface area contributed by atoms with Gasteiger partial charge in [0.05, 0.1) is 21.3 Å². The van der Waals surface area contributed by atoms with Gasteiger partial charge in [-0.25, -0.2) is 0 Å². The van der Waals surface area contributed by atoms with E-state index in [2.05, 4.69) is 38.1 Å². The molecule has 142 valence electrons. The molecule has 1 aliphatic heterocycles. The van der Waals surface area contributed by atoms with Gasteiger partial charge in [0.2, 0.25) is 0 Å². The lowest BCUT2D eigenvalue weighted by atomic mass is 10.1. The Balaban J connectivity index is 1.64. The molecule has 2 aromatic carbocycles. The Morgan fingerprint density at radius 1 is 1.04 bits per heavy atom. The maximum atomic E-state index is 12.4. The van der Waals surface area contributed by atoms with Crippen molar-refractivity contribution in [2.75, 3.05) is 23.3 Å². The molecule has 1 heterocycles. The van der Waals surface area contributed by atoms with Crippen molar-refractivity contribution in [3.05, 3.63) is 55.6 Å². The van der Waals surface area contributed by atoms with Crippen molar-refractivity contribution < 1.29 is 4.79 Å². The molecule has 0 bridgehead atoms. The molecule has 8 heteroatoms. The van der Waals surface area contributed by atoms with Gasteiger partial charge in [-0.15, -0.1) is 0 Å². The van der Waals surface area contributed by atoms with Crippen LogP contribution >= 0.6 is 58.0 Å². The summed E-state index contributed by atoms with van der Waals surface area (Å²) in [5, 5.41) is 6.88. The number of halogens is 3. The van der Waals surface area contributed by atoms with E-state index in [0.717, 1.165) is 28.0 Å². The molecule has 1 aliphatic rings. The SMILES string of the molecule is O=C(NC(=S)Nc1ccc(N2CCCCC2)c(Cl)c1)c1cc(I)ccc1Cl. The molecule has 0 unspecified atom stereocenters. The fourth-order valence-corrected chi connectivity index (χ4v) is 4.19. The highest BCUT2D eigenvalue weighted by molar-refractivity contribution is 14.1. The van der Waals surface area contributed by atoms with Crippen molar-refractivity contribution in [3.63, 3.8) is 0 Å². The first kappa shape index (κ1) is 20.6. The van der Waals surface area contributed by atoms with E-state index in [4.69, 9.17) is 35.4 Å². The highest BCUT2D eigenvalue weighted by Gasteiger charge is 2.15. The van der Waals surface area contributed by atoms with Crippen LogP contribution in [-0.4, -0.2) is 24.1 Å². The van der Waals surface area contributed by atoms with Gasteiger partial charge in [0.25, 0.3) is 5.91 Å². The molecule has 1 saturated heterocycles. The summed E-state index contributed by atoms with van der Waals surface area (Å²) in [6.07, 6.45) is 3.65. The van der Waals surface area contributed by atoms with Crippen molar-refractivity contribution in [3.8, 4) is 0 Å². The lowest BCUT2D eigenvalue weighted by molar-refractivity contribution is 0.0978. The molecule has 0 atom stereocenters. The molecule has 0 radical (unpaired) electrons. The van der Waals surface area contributed by atoms with E-state index in [0.29, 0.717) is 15.6 Å². The van der Waals surface area contributed by atoms with Crippen molar-refractivity contribution in [1.82, 2.24) is 5.32 Å². The van der Waals surface area contributed by atoms with Crippen molar-refractivity contribution in [2.45, 2.75) is 19.3 Å². The fourth-order valence-electron chi connectivity index (χ4n) is 2.98. The third-order valence-electron chi connectivity index (χ3n) is 4.30. The minimum Gasteiger partial charge on any atom is -0.370 e. The second kappa shape index (κ2) is 9.41. The van der Waals surface area contributed by atoms with E-state index < -0.39 is 0 Å². The molecule has 2 N–H and O–H groups in total. The van der Waals surface area contributed by atoms with Gasteiger partial charge < -0.3 is 10.2 Å². The lowest BCUT2D eigenvalue weighted by Crippen LogP contribution is -2.34. The third kappa shape index (κ3) is 5.47. The number of thiocarbonyl (C=S) groups is 1. The van der Waals surface area contributed by atoms with Gasteiger partial charge in [0.15, 0.2) is 5.11 Å². The Kier molecular flexibility index (Phi) is 7.19. The molecule has 2 aromatic rings. The maximum absolute atomic E-state index is 12.4. The van der Waals surface area contributed by atoms with Gasteiger partial charge in [-0.05, 0) is 90.5 Å². The molecule has 0 spiro atoms. The number of hydrogen-bond donors (Lipinski definition) is 2. The first-order valence-electron chi connectivity index (χ1n) is 8.56. The van der Waals surface area contributed by atoms with Crippen molar-refractivity contribution in [2.24, 2.45) is 0 Å². The van der Waals surface area contributed by atoms with Crippen LogP contribution < -0.4 is 15.5 Å². The Morgan fingerprint density at radius 2 is 1.78 bits per heavy atom. The second-order valence-corrected chi connectivity index (χ2v) is 8.71. The number of nitrogens with one attached hydrogen (secondary N) is 2. The van der Waals surface area contributed by atoms with Crippen LogP contribution in [0, 0.1) is 3.57 Å². The van der Waals surface area contributed by atoms with Crippen LogP contribution in [0.15, 0.2) is 36.4 Å². The zero-order valence-corrected chi connectivity index (χ0v) is 18.9. The monoisotopic (exact) mass is 533 g/mol. The van der Waals surface area contributed by atoms with Gasteiger partial charge in [-0.2, -0.15) is 0 Å². The highest BCUT2D eigenvalue weighted by atomic mass is 127. The number of amides is 1. The Morgan fingerprint density at radius 3 is 2.48 bits per heavy atom. The summed E-state index contributed by atoms with van der Waals surface area (Å²) in [7, 11) is 0. The van der Waals surface area contributed by atoms with Crippen LogP contribution in [0.3, 0.4) is 0 Å². The summed E-state index contributed by atoms with van der Waals surface area (Å²) in [5.74, 6) is -0.355. The van der Waals surface area contributed by atoms with Crippen LogP contribution in [0.2, 0.25) is 10.0 Å². The van der Waals surface area contributed by atoms with E-state index >= 15 is 0 Å². The Labute approximate surface area is 187 Å². The predicted molar refractivity (Wildman–Crippen MR) is 125 cm³/mol. The van der Waals surface area contributed by atoms with E-state index in [-0.39, 0.29) is 11.0 Å². The minimum atomic E-state index is -0.355. The number of hydrogen-bond acceptors (Lipinski definition) is 3. The zero-order chi connectivity index (χ0) is 19.4. The van der Waals surface area contributed by atoms with E-state index in [1.165, 1.54) is 19.3 Å². The van der Waals surface area contributed by atoms with Gasteiger partial charge in [0.1, 0.15) is 0 Å². The average Bonchev–Trinajstić information content (AvgIpc) is 2.64. The topological polar surface area (TPSA) is 44.4 Å². The summed E-state index contributed by atoms with van der Waals surface area (Å²) in [4.78, 5) is 14.7. The molecular weight excluding hydrogens is 516 g/mol. The zero-order valence-electron chi connectivity index (χ0n) is 14.4. The minimum absolute atomic E-state index is 0.191. The number of nitrogens with zero attached hydrogens (tertiary/aromatic N) is 1. The lowest BCUT2D eigenvalue weighted by Gasteiger charge is -2.29. The quantitative estimate of drug-likeness (QED) is 0.391. The summed E-state index contributed by atoms with van der Waals surface area (Å²) in [6.45, 7) is 2.05. The smallest absolute Gasteiger partial charge is 0.258 e. The fraction of sp³-hybridized carbons (Fsp3) is 0.263. The van der Waals surface area contributed by atoms with Gasteiger partial charge in [0, 0.05) is 22.3 Å². The van der Waals surface area contributed by atoms with E-state index in [9.17, 15) is 4.79 Å². The normalized spacial score (nSPS) is 14.0. The summed E-state index contributed by atoms with van der Waals surface area (Å²) >= 11 is 19.9. The molecule has 0 aromatic heterocycles. The van der Waals surface area contributed by atoms with Crippen LogP contribution in [0.1, 0.15) is 29.6 Å². The number of carbonyl (C=O) groups is 1. The van der Waals surface area contributed by atoms with Crippen LogP contribution in [0.5, 0.6) is 0 Å². The van der Waals surface area contributed by atoms with Crippen molar-refractivity contribution >= 4 is 80.4 Å². The van der Waals surface area contributed by atoms with E-state index in [1.807, 2.05) is 24.3 Å². The number of rotatable bonds is 3. The molecule has 1 amide bonds. The molecule has 3 rings (SSSR count). The highest BCUT2D eigenvalue weighted by Crippen LogP contribution is 2.30. The number of benzene rings is 2. The Hall–Kier alpha value is -1.09. The number of piperidine rings is 1. The van der Waals surface area contributed by atoms with Crippen LogP contribution in [0.4, 0.5) is 11.4 Å². The first-order valence-corrected chi connectivity index (χ1v) is 10.8. The number of anilines is 2. The second-order valence-electron chi connectivity index (χ2n) is 6.25. The molecule has 0 saturated carbocycles. The molecule has 27 heavy (non-hydrogen) atoms. The van der Waals surface area contributed by atoms with E-state index in [1.54, 1.807) is 12.1 Å². The molecule has 4 nitrogen and oxygen atoms in total. The van der Waals surface area contributed by atoms with Gasteiger partial charge >= 0.3 is 0 Å². The van der Waals surface area contributed by atoms with Gasteiger partial charge in [-0.3, -0.25) is 10.1 Å². The molecule has 0 aliphatic carbocycles. The standard InChI is InChI=1S/C19H18Cl2IN3OS/c20-15-6-4-12(22)10-14(15)18(26)24-19(27)23-13-5-7-17(16(21)11-13)25-8-2-1-3-9-25/h4-7,10-11H,1-3,8-9H2,(H2,23,24,26,27). The van der Waals surface area contributed by atoms with Crippen LogP contribution in [-0.2, 0) is 0 Å². The largest absolute Gasteiger partial charge is 0.370 e. The maximum Gasteiger partial charge on any atom is 0.258 e. The molecular formula is C19H18Cl2IN3OS. The third-order valence-corrected chi connectivity index (χ3v) is 5.81. The predicted octanol–water partition coefficient (Wildman–Crippen LogP) is 5.72. The van der Waals surface area contributed by atoms with Crippen LogP contribution in [0.25, 0.3) is 0 Å². The first-order chi connectivity index (χ1) is 12.9. The summed E-state index contributed by atoms with van der Waals surface area (Å²) in [5.41, 5.74) is 2.13. The average molecular weight is 534 g/mol. The van der Waals surface area contributed by atoms with Gasteiger partial charge in [-0.1, -0.05) is 23.2 Å². The summed E-state index contributed by atoms with van der Waals surface area (Å²) in [6, 6.07) is 11.0. The Bertz CT molecular complexity index is 872. The summed E-state index contributed by atoms with van der Waals surface area (Å²) < 4.78 is 0.918. The molecule has 1 fully saturated rings. The number of carbonyl (C=O) groups excluding carboxylic acids is 1.